The van der Waals surface area contributed by atoms with Crippen LogP contribution in [-0.2, 0) is 0 Å². The zero-order chi connectivity index (χ0) is 15.2. The summed E-state index contributed by atoms with van der Waals surface area (Å²) in [6.45, 7) is 5.15. The summed E-state index contributed by atoms with van der Waals surface area (Å²) in [4.78, 5) is 18.9. The van der Waals surface area contributed by atoms with Crippen LogP contribution in [0.5, 0.6) is 0 Å². The van der Waals surface area contributed by atoms with Crippen molar-refractivity contribution in [3.63, 3.8) is 0 Å². The van der Waals surface area contributed by atoms with E-state index in [0.717, 1.165) is 25.8 Å². The first-order valence-corrected chi connectivity index (χ1v) is 7.79. The highest BCUT2D eigenvalue weighted by Crippen LogP contribution is 2.25. The Labute approximate surface area is 126 Å². The molecule has 0 unspecified atom stereocenters. The lowest BCUT2D eigenvalue weighted by Gasteiger charge is -2.29. The van der Waals surface area contributed by atoms with E-state index in [9.17, 15) is 4.79 Å². The Morgan fingerprint density at radius 2 is 2.14 bits per heavy atom. The Hall–Kier alpha value is -1.89. The van der Waals surface area contributed by atoms with Gasteiger partial charge in [0.15, 0.2) is 0 Å². The average molecular weight is 285 g/mol. The largest absolute Gasteiger partial charge is 0.334 e. The molecule has 0 N–H and O–H groups in total. The van der Waals surface area contributed by atoms with Gasteiger partial charge in [0.2, 0.25) is 0 Å². The number of amides is 1. The van der Waals surface area contributed by atoms with E-state index in [0.29, 0.717) is 23.2 Å². The molecule has 1 amide bonds. The monoisotopic (exact) mass is 285 g/mol. The van der Waals surface area contributed by atoms with Crippen LogP contribution in [0.2, 0.25) is 0 Å². The van der Waals surface area contributed by atoms with Gasteiger partial charge < -0.3 is 4.90 Å². The van der Waals surface area contributed by atoms with Gasteiger partial charge in [-0.05, 0) is 37.3 Å². The zero-order valence-electron chi connectivity index (χ0n) is 12.9. The maximum absolute atomic E-state index is 12.7. The molecule has 0 saturated heterocycles. The van der Waals surface area contributed by atoms with Crippen LogP contribution in [0, 0.1) is 17.2 Å². The van der Waals surface area contributed by atoms with Crippen LogP contribution in [0.4, 0.5) is 0 Å². The molecule has 1 aliphatic carbocycles. The summed E-state index contributed by atoms with van der Waals surface area (Å²) in [5.41, 5.74) is 0.936. The van der Waals surface area contributed by atoms with Crippen LogP contribution in [0.15, 0.2) is 18.3 Å². The molecule has 0 bridgehead atoms. The number of nitrogens with zero attached hydrogens (tertiary/aromatic N) is 3. The Kier molecular flexibility index (Phi) is 5.32. The molecule has 1 aromatic heterocycles. The fourth-order valence-electron chi connectivity index (χ4n) is 2.80. The summed E-state index contributed by atoms with van der Waals surface area (Å²) in [5.74, 6) is 0.586. The van der Waals surface area contributed by atoms with Crippen LogP contribution in [0.1, 0.15) is 62.0 Å². The summed E-state index contributed by atoms with van der Waals surface area (Å²) in [6, 6.07) is 5.71. The van der Waals surface area contributed by atoms with E-state index < -0.39 is 0 Å². The van der Waals surface area contributed by atoms with Crippen molar-refractivity contribution in [3.05, 3.63) is 29.6 Å². The molecule has 0 aliphatic heterocycles. The minimum absolute atomic E-state index is 0.00652. The van der Waals surface area contributed by atoms with Crippen molar-refractivity contribution in [3.8, 4) is 6.07 Å². The number of hydrogen-bond acceptors (Lipinski definition) is 3. The van der Waals surface area contributed by atoms with E-state index in [1.807, 2.05) is 11.0 Å². The number of aromatic nitrogens is 1. The Balaban J connectivity index is 2.13. The smallest absolute Gasteiger partial charge is 0.272 e. The van der Waals surface area contributed by atoms with Gasteiger partial charge in [0.1, 0.15) is 11.8 Å². The molecule has 0 spiro atoms. The van der Waals surface area contributed by atoms with Crippen LogP contribution >= 0.6 is 0 Å². The molecule has 4 heteroatoms. The number of nitriles is 1. The third-order valence-electron chi connectivity index (χ3n) is 4.09. The van der Waals surface area contributed by atoms with Crippen LogP contribution in [0.25, 0.3) is 0 Å². The van der Waals surface area contributed by atoms with Crippen LogP contribution in [-0.4, -0.2) is 28.4 Å². The molecule has 0 aromatic carbocycles. The lowest BCUT2D eigenvalue weighted by Crippen LogP contribution is -2.40. The second-order valence-electron chi connectivity index (χ2n) is 6.16. The third kappa shape index (κ3) is 4.04. The molecule has 1 heterocycles. The van der Waals surface area contributed by atoms with Gasteiger partial charge in [-0.25, -0.2) is 4.98 Å². The quantitative estimate of drug-likeness (QED) is 0.833. The second-order valence-corrected chi connectivity index (χ2v) is 6.16. The Morgan fingerprint density at radius 1 is 1.43 bits per heavy atom. The van der Waals surface area contributed by atoms with Gasteiger partial charge in [0.25, 0.3) is 5.91 Å². The van der Waals surface area contributed by atoms with Crippen LogP contribution in [0.3, 0.4) is 0 Å². The molecular weight excluding hydrogens is 262 g/mol. The topological polar surface area (TPSA) is 57.0 Å². The Morgan fingerprint density at radius 3 is 2.67 bits per heavy atom. The molecule has 112 valence electrons. The van der Waals surface area contributed by atoms with Crippen LogP contribution < -0.4 is 0 Å². The van der Waals surface area contributed by atoms with Crippen molar-refractivity contribution < 1.29 is 4.79 Å². The first-order chi connectivity index (χ1) is 10.1. The van der Waals surface area contributed by atoms with Gasteiger partial charge in [0.05, 0.1) is 5.56 Å². The van der Waals surface area contributed by atoms with Gasteiger partial charge in [-0.2, -0.15) is 5.26 Å². The highest BCUT2D eigenvalue weighted by Gasteiger charge is 2.27. The normalized spacial score (nSPS) is 15.1. The van der Waals surface area contributed by atoms with Gasteiger partial charge in [-0.1, -0.05) is 26.7 Å². The van der Waals surface area contributed by atoms with E-state index >= 15 is 0 Å². The van der Waals surface area contributed by atoms with Gasteiger partial charge in [0, 0.05) is 18.8 Å². The maximum Gasteiger partial charge on any atom is 0.272 e. The van der Waals surface area contributed by atoms with Crippen molar-refractivity contribution >= 4 is 5.91 Å². The molecule has 4 nitrogen and oxygen atoms in total. The third-order valence-corrected chi connectivity index (χ3v) is 4.09. The first-order valence-electron chi connectivity index (χ1n) is 7.79. The average Bonchev–Trinajstić information content (AvgIpc) is 3.01. The van der Waals surface area contributed by atoms with Crippen molar-refractivity contribution in [1.82, 2.24) is 9.88 Å². The van der Waals surface area contributed by atoms with E-state index in [4.69, 9.17) is 5.26 Å². The Bertz CT molecular complexity index is 510. The summed E-state index contributed by atoms with van der Waals surface area (Å²) in [6.07, 6.45) is 7.09. The van der Waals surface area contributed by atoms with Gasteiger partial charge in [-0.15, -0.1) is 0 Å². The minimum atomic E-state index is 0.00652. The summed E-state index contributed by atoms with van der Waals surface area (Å²) in [7, 11) is 0. The number of rotatable bonds is 5. The molecular formula is C17H23N3O. The second kappa shape index (κ2) is 7.21. The van der Waals surface area contributed by atoms with Gasteiger partial charge in [-0.3, -0.25) is 4.79 Å². The van der Waals surface area contributed by atoms with E-state index in [1.54, 1.807) is 12.1 Å². The highest BCUT2D eigenvalue weighted by atomic mass is 16.2. The number of carbonyl (C=O) groups is 1. The SMILES string of the molecule is CC(C)CCN(C(=O)c1ccc(C#N)cn1)C1CCCC1. The van der Waals surface area contributed by atoms with Crippen molar-refractivity contribution in [2.24, 2.45) is 5.92 Å². The summed E-state index contributed by atoms with van der Waals surface area (Å²) < 4.78 is 0. The first kappa shape index (κ1) is 15.5. The number of carbonyl (C=O) groups excluding carboxylic acids is 1. The van der Waals surface area contributed by atoms with Crippen molar-refractivity contribution in [2.45, 2.75) is 52.0 Å². The molecule has 2 rings (SSSR count). The predicted molar refractivity (Wildman–Crippen MR) is 81.7 cm³/mol. The van der Waals surface area contributed by atoms with E-state index in [-0.39, 0.29) is 5.91 Å². The molecule has 1 fully saturated rings. The predicted octanol–water partition coefficient (Wildman–Crippen LogP) is 3.38. The molecule has 0 radical (unpaired) electrons. The number of pyridine rings is 1. The maximum atomic E-state index is 12.7. The number of hydrogen-bond donors (Lipinski definition) is 0. The van der Waals surface area contributed by atoms with E-state index in [2.05, 4.69) is 18.8 Å². The standard InChI is InChI=1S/C17H23N3O/c1-13(2)9-10-20(15-5-3-4-6-15)17(21)16-8-7-14(11-18)12-19-16/h7-8,12-13,15H,3-6,9-10H2,1-2H3. The fourth-order valence-corrected chi connectivity index (χ4v) is 2.80. The minimum Gasteiger partial charge on any atom is -0.334 e. The molecule has 0 atom stereocenters. The summed E-state index contributed by atoms with van der Waals surface area (Å²) >= 11 is 0. The molecule has 1 aliphatic rings. The van der Waals surface area contributed by atoms with E-state index in [1.165, 1.54) is 19.0 Å². The fraction of sp³-hybridized carbons (Fsp3) is 0.588. The lowest BCUT2D eigenvalue weighted by atomic mass is 10.1. The zero-order valence-corrected chi connectivity index (χ0v) is 12.9. The molecule has 21 heavy (non-hydrogen) atoms. The molecule has 1 aromatic rings. The highest BCUT2D eigenvalue weighted by molar-refractivity contribution is 5.92. The van der Waals surface area contributed by atoms with Crippen molar-refractivity contribution in [2.75, 3.05) is 6.54 Å². The lowest BCUT2D eigenvalue weighted by molar-refractivity contribution is 0.0666. The van der Waals surface area contributed by atoms with Gasteiger partial charge >= 0.3 is 0 Å². The summed E-state index contributed by atoms with van der Waals surface area (Å²) in [5, 5.41) is 8.81. The van der Waals surface area contributed by atoms with Crippen molar-refractivity contribution in [1.29, 1.82) is 5.26 Å². The molecule has 1 saturated carbocycles.